The van der Waals surface area contributed by atoms with E-state index < -0.39 is 6.23 Å². The molecule has 1 amide bonds. The molecular weight excluding hydrogens is 328 g/mol. The topological polar surface area (TPSA) is 69.4 Å². The van der Waals surface area contributed by atoms with Gasteiger partial charge in [0.05, 0.1) is 0 Å². The highest BCUT2D eigenvalue weighted by Gasteiger charge is 2.32. The number of nitrogens with zero attached hydrogens (tertiary/aromatic N) is 2. The van der Waals surface area contributed by atoms with E-state index in [-0.39, 0.29) is 5.91 Å². The van der Waals surface area contributed by atoms with Gasteiger partial charge in [-0.05, 0) is 12.1 Å². The summed E-state index contributed by atoms with van der Waals surface area (Å²) < 4.78 is 0. The third kappa shape index (κ3) is 3.28. The number of anilines is 1. The summed E-state index contributed by atoms with van der Waals surface area (Å²) in [6.45, 7) is 0.494. The van der Waals surface area contributed by atoms with Crippen molar-refractivity contribution in [2.75, 3.05) is 12.0 Å². The number of rotatable bonds is 4. The van der Waals surface area contributed by atoms with Crippen LogP contribution in [0.4, 0.5) is 5.69 Å². The smallest absolute Gasteiger partial charge is 0.280 e. The number of quaternary nitrogens is 1. The number of carbonyl (C=O) groups excluding carboxylic acids is 1. The molecule has 0 aromatic heterocycles. The third-order valence-corrected chi connectivity index (χ3v) is 4.33. The number of aliphatic hydroxyl groups excluding tert-OH is 1. The van der Waals surface area contributed by atoms with E-state index in [0.717, 1.165) is 22.0 Å². The van der Waals surface area contributed by atoms with Crippen LogP contribution in [0, 0.1) is 0 Å². The van der Waals surface area contributed by atoms with E-state index in [1.807, 2.05) is 77.8 Å². The molecule has 0 bridgehead atoms. The SMILES string of the molecule is O=C(Nc1ccccc1)C1=C[NH+]2CN(C(O)c3ccccc3)C=CC2=N1. The lowest BCUT2D eigenvalue weighted by Crippen LogP contribution is -3.11. The van der Waals surface area contributed by atoms with Crippen molar-refractivity contribution in [3.05, 3.63) is 90.4 Å². The fraction of sp³-hybridized carbons (Fsp3) is 0.100. The highest BCUT2D eigenvalue weighted by atomic mass is 16.3. The minimum Gasteiger partial charge on any atom is -0.369 e. The lowest BCUT2D eigenvalue weighted by Gasteiger charge is -2.30. The highest BCUT2D eigenvalue weighted by Crippen LogP contribution is 2.18. The van der Waals surface area contributed by atoms with Crippen LogP contribution in [0.2, 0.25) is 0 Å². The summed E-state index contributed by atoms with van der Waals surface area (Å²) in [5, 5.41) is 13.4. The number of hydrogen-bond acceptors (Lipinski definition) is 4. The Morgan fingerprint density at radius 1 is 1.12 bits per heavy atom. The molecule has 3 N–H and O–H groups in total. The molecule has 6 nitrogen and oxygen atoms in total. The Labute approximate surface area is 151 Å². The van der Waals surface area contributed by atoms with Crippen molar-refractivity contribution < 1.29 is 14.8 Å². The van der Waals surface area contributed by atoms with E-state index in [4.69, 9.17) is 0 Å². The average Bonchev–Trinajstić information content (AvgIpc) is 3.12. The predicted octanol–water partition coefficient (Wildman–Crippen LogP) is 1.24. The van der Waals surface area contributed by atoms with Gasteiger partial charge in [-0.1, -0.05) is 48.5 Å². The zero-order valence-electron chi connectivity index (χ0n) is 14.0. The molecule has 2 aliphatic heterocycles. The maximum atomic E-state index is 12.4. The van der Waals surface area contributed by atoms with E-state index in [0.29, 0.717) is 12.4 Å². The minimum absolute atomic E-state index is 0.242. The Morgan fingerprint density at radius 3 is 2.54 bits per heavy atom. The Morgan fingerprint density at radius 2 is 1.81 bits per heavy atom. The largest absolute Gasteiger partial charge is 0.369 e. The molecule has 2 unspecified atom stereocenters. The second-order valence-corrected chi connectivity index (χ2v) is 6.14. The molecule has 6 heteroatoms. The molecule has 2 heterocycles. The first kappa shape index (κ1) is 16.3. The summed E-state index contributed by atoms with van der Waals surface area (Å²) in [5.41, 5.74) is 1.93. The van der Waals surface area contributed by atoms with E-state index in [2.05, 4.69) is 10.3 Å². The number of aliphatic imine (C=N–C) groups is 1. The van der Waals surface area contributed by atoms with Gasteiger partial charge in [-0.15, -0.1) is 0 Å². The van der Waals surface area contributed by atoms with Gasteiger partial charge in [-0.2, -0.15) is 4.99 Å². The zero-order chi connectivity index (χ0) is 17.9. The van der Waals surface area contributed by atoms with Gasteiger partial charge in [0.25, 0.3) is 5.91 Å². The molecule has 0 saturated heterocycles. The minimum atomic E-state index is -0.739. The molecule has 2 atom stereocenters. The van der Waals surface area contributed by atoms with Crippen LogP contribution >= 0.6 is 0 Å². The fourth-order valence-corrected chi connectivity index (χ4v) is 2.98. The van der Waals surface area contributed by atoms with Crippen LogP contribution in [-0.2, 0) is 4.79 Å². The van der Waals surface area contributed by atoms with Crippen molar-refractivity contribution in [2.24, 2.45) is 4.99 Å². The molecule has 0 aliphatic carbocycles. The standard InChI is InChI=1S/C20H18N4O2/c25-19(21-16-9-5-2-6-10-16)17-13-24-14-23(12-11-18(24)22-17)20(26)15-7-3-1-4-8-15/h1-13,20,26H,14H2,(H,21,25)/p+1. The van der Waals surface area contributed by atoms with Crippen LogP contribution in [0.3, 0.4) is 0 Å². The summed E-state index contributed by atoms with van der Waals surface area (Å²) in [6, 6.07) is 18.8. The van der Waals surface area contributed by atoms with Crippen LogP contribution < -0.4 is 10.2 Å². The first-order chi connectivity index (χ1) is 12.7. The first-order valence-corrected chi connectivity index (χ1v) is 8.41. The third-order valence-electron chi connectivity index (χ3n) is 4.33. The number of amides is 1. The van der Waals surface area contributed by atoms with Crippen molar-refractivity contribution in [3.63, 3.8) is 0 Å². The number of fused-ring (bicyclic) bond motifs is 1. The summed E-state index contributed by atoms with van der Waals surface area (Å²) in [6.07, 6.45) is 4.68. The molecule has 0 fully saturated rings. The molecule has 130 valence electrons. The van der Waals surface area contributed by atoms with Gasteiger partial charge in [-0.3, -0.25) is 4.79 Å². The van der Waals surface area contributed by atoms with Crippen LogP contribution in [0.25, 0.3) is 0 Å². The number of aliphatic hydroxyl groups is 1. The second kappa shape index (κ2) is 6.95. The molecule has 2 aromatic carbocycles. The van der Waals surface area contributed by atoms with Crippen molar-refractivity contribution in [1.82, 2.24) is 4.90 Å². The molecule has 0 radical (unpaired) electrons. The van der Waals surface area contributed by atoms with E-state index in [1.165, 1.54) is 0 Å². The maximum Gasteiger partial charge on any atom is 0.280 e. The van der Waals surface area contributed by atoms with Gasteiger partial charge in [0.1, 0.15) is 6.20 Å². The Bertz CT molecular complexity index is 891. The molecule has 2 aromatic rings. The average molecular weight is 347 g/mol. The number of benzene rings is 2. The zero-order valence-corrected chi connectivity index (χ0v) is 14.0. The normalized spacial score (nSPS) is 19.4. The summed E-state index contributed by atoms with van der Waals surface area (Å²) >= 11 is 0. The fourth-order valence-electron chi connectivity index (χ4n) is 2.98. The second-order valence-electron chi connectivity index (χ2n) is 6.14. The van der Waals surface area contributed by atoms with Gasteiger partial charge >= 0.3 is 0 Å². The van der Waals surface area contributed by atoms with Crippen molar-refractivity contribution in [1.29, 1.82) is 0 Å². The van der Waals surface area contributed by atoms with Crippen LogP contribution in [0.1, 0.15) is 11.8 Å². The maximum absolute atomic E-state index is 12.4. The Kier molecular flexibility index (Phi) is 4.35. The summed E-state index contributed by atoms with van der Waals surface area (Å²) in [5.74, 6) is 0.522. The number of para-hydroxylation sites is 1. The molecule has 0 saturated carbocycles. The lowest BCUT2D eigenvalue weighted by molar-refractivity contribution is -0.760. The first-order valence-electron chi connectivity index (χ1n) is 8.41. The number of amidine groups is 1. The summed E-state index contributed by atoms with van der Waals surface area (Å²) in [4.78, 5) is 19.5. The quantitative estimate of drug-likeness (QED) is 0.779. The van der Waals surface area contributed by atoms with Gasteiger partial charge in [0, 0.05) is 23.5 Å². The molecule has 4 rings (SSSR count). The highest BCUT2D eigenvalue weighted by molar-refractivity contribution is 6.06. The van der Waals surface area contributed by atoms with Crippen LogP contribution in [0.5, 0.6) is 0 Å². The molecule has 26 heavy (non-hydrogen) atoms. The summed E-state index contributed by atoms with van der Waals surface area (Å²) in [7, 11) is 0. The Balaban J connectivity index is 1.46. The monoisotopic (exact) mass is 347 g/mol. The van der Waals surface area contributed by atoms with Gasteiger partial charge in [-0.25, -0.2) is 4.90 Å². The van der Waals surface area contributed by atoms with Crippen LogP contribution in [0.15, 0.2) is 89.8 Å². The van der Waals surface area contributed by atoms with Gasteiger partial charge < -0.3 is 15.3 Å². The van der Waals surface area contributed by atoms with E-state index in [1.54, 1.807) is 6.20 Å². The molecule has 2 aliphatic rings. The number of carbonyl (C=O) groups is 1. The molecular formula is C20H19N4O2+. The number of nitrogens with one attached hydrogen (secondary N) is 2. The molecule has 0 spiro atoms. The predicted molar refractivity (Wildman–Crippen MR) is 98.8 cm³/mol. The Hall–Kier alpha value is -3.22. The van der Waals surface area contributed by atoms with Crippen molar-refractivity contribution in [3.8, 4) is 0 Å². The lowest BCUT2D eigenvalue weighted by atomic mass is 10.2. The van der Waals surface area contributed by atoms with E-state index >= 15 is 0 Å². The van der Waals surface area contributed by atoms with E-state index in [9.17, 15) is 9.90 Å². The number of hydrogen-bond donors (Lipinski definition) is 3. The van der Waals surface area contributed by atoms with Gasteiger partial charge in [0.15, 0.2) is 18.6 Å². The van der Waals surface area contributed by atoms with Crippen molar-refractivity contribution in [2.45, 2.75) is 6.23 Å². The van der Waals surface area contributed by atoms with Crippen LogP contribution in [-0.4, -0.2) is 28.4 Å². The van der Waals surface area contributed by atoms with Crippen molar-refractivity contribution >= 4 is 17.4 Å². The van der Waals surface area contributed by atoms with Gasteiger partial charge in [0.2, 0.25) is 5.84 Å².